The Morgan fingerprint density at radius 1 is 1.29 bits per heavy atom. The summed E-state index contributed by atoms with van der Waals surface area (Å²) in [7, 11) is 0. The summed E-state index contributed by atoms with van der Waals surface area (Å²) in [5.41, 5.74) is 1.36. The Kier molecular flexibility index (Phi) is 4.98. The lowest BCUT2D eigenvalue weighted by Gasteiger charge is -2.29. The molecule has 0 aromatic heterocycles. The van der Waals surface area contributed by atoms with Crippen LogP contribution in [0.25, 0.3) is 0 Å². The van der Waals surface area contributed by atoms with E-state index >= 15 is 0 Å². The van der Waals surface area contributed by atoms with E-state index in [2.05, 4.69) is 40.5 Å². The zero-order valence-electron chi connectivity index (χ0n) is 10.3. The molecule has 2 N–H and O–H groups in total. The highest BCUT2D eigenvalue weighted by Gasteiger charge is 2.20. The second-order valence-electron chi connectivity index (χ2n) is 4.68. The minimum atomic E-state index is 0.275. The number of hydrogen-bond donors (Lipinski definition) is 2. The highest BCUT2D eigenvalue weighted by Crippen LogP contribution is 2.12. The zero-order valence-corrected chi connectivity index (χ0v) is 10.3. The summed E-state index contributed by atoms with van der Waals surface area (Å²) >= 11 is 0. The van der Waals surface area contributed by atoms with Crippen LogP contribution >= 0.6 is 0 Å². The van der Waals surface area contributed by atoms with Gasteiger partial charge in [-0.2, -0.15) is 0 Å². The van der Waals surface area contributed by atoms with Crippen molar-refractivity contribution in [1.82, 2.24) is 10.2 Å². The molecule has 3 nitrogen and oxygen atoms in total. The van der Waals surface area contributed by atoms with E-state index in [9.17, 15) is 0 Å². The van der Waals surface area contributed by atoms with E-state index in [1.807, 2.05) is 0 Å². The molecule has 0 bridgehead atoms. The highest BCUT2D eigenvalue weighted by molar-refractivity contribution is 5.14. The van der Waals surface area contributed by atoms with Crippen molar-refractivity contribution in [2.75, 3.05) is 26.2 Å². The molecule has 1 saturated heterocycles. The van der Waals surface area contributed by atoms with Crippen LogP contribution in [0, 0.1) is 0 Å². The Balaban J connectivity index is 1.99. The summed E-state index contributed by atoms with van der Waals surface area (Å²) in [6.07, 6.45) is 2.05. The lowest BCUT2D eigenvalue weighted by Crippen LogP contribution is -2.39. The van der Waals surface area contributed by atoms with Gasteiger partial charge in [0.1, 0.15) is 0 Å². The third kappa shape index (κ3) is 3.80. The maximum absolute atomic E-state index is 9.14. The number of hydrogen-bond acceptors (Lipinski definition) is 3. The quantitative estimate of drug-likeness (QED) is 0.822. The van der Waals surface area contributed by atoms with Gasteiger partial charge >= 0.3 is 0 Å². The van der Waals surface area contributed by atoms with E-state index in [0.717, 1.165) is 32.6 Å². The lowest BCUT2D eigenvalue weighted by atomic mass is 10.1. The molecule has 1 fully saturated rings. The van der Waals surface area contributed by atoms with E-state index in [4.69, 9.17) is 5.11 Å². The second kappa shape index (κ2) is 6.74. The van der Waals surface area contributed by atoms with Gasteiger partial charge in [0.2, 0.25) is 0 Å². The number of nitrogens with one attached hydrogen (secondary N) is 1. The van der Waals surface area contributed by atoms with Crippen molar-refractivity contribution in [2.45, 2.75) is 25.4 Å². The summed E-state index contributed by atoms with van der Waals surface area (Å²) in [6, 6.07) is 11.0. The average Bonchev–Trinajstić information content (AvgIpc) is 2.57. The predicted molar refractivity (Wildman–Crippen MR) is 69.8 cm³/mol. The monoisotopic (exact) mass is 234 g/mol. The molecule has 1 aliphatic heterocycles. The fourth-order valence-electron chi connectivity index (χ4n) is 2.45. The van der Waals surface area contributed by atoms with Gasteiger partial charge in [-0.25, -0.2) is 0 Å². The first-order valence-electron chi connectivity index (χ1n) is 6.49. The molecule has 1 atom stereocenters. The minimum Gasteiger partial charge on any atom is -0.396 e. The normalized spacial score (nSPS) is 22.3. The topological polar surface area (TPSA) is 35.5 Å². The lowest BCUT2D eigenvalue weighted by molar-refractivity contribution is 0.159. The summed E-state index contributed by atoms with van der Waals surface area (Å²) in [4.78, 5) is 2.49. The fourth-order valence-corrected chi connectivity index (χ4v) is 2.45. The molecule has 0 radical (unpaired) electrons. The van der Waals surface area contributed by atoms with Crippen molar-refractivity contribution in [3.05, 3.63) is 35.9 Å². The van der Waals surface area contributed by atoms with Crippen molar-refractivity contribution in [3.63, 3.8) is 0 Å². The first-order valence-corrected chi connectivity index (χ1v) is 6.49. The largest absolute Gasteiger partial charge is 0.396 e. The van der Waals surface area contributed by atoms with Gasteiger partial charge in [0, 0.05) is 32.3 Å². The molecule has 1 aromatic rings. The van der Waals surface area contributed by atoms with Gasteiger partial charge in [-0.15, -0.1) is 0 Å². The fraction of sp³-hybridized carbons (Fsp3) is 0.571. The smallest absolute Gasteiger partial charge is 0.0446 e. The Hall–Kier alpha value is -0.900. The summed E-state index contributed by atoms with van der Waals surface area (Å²) in [5, 5.41) is 12.6. The Morgan fingerprint density at radius 2 is 2.12 bits per heavy atom. The molecular formula is C14H22N2O. The minimum absolute atomic E-state index is 0.275. The molecule has 0 amide bonds. The maximum Gasteiger partial charge on any atom is 0.0446 e. The molecule has 2 rings (SSSR count). The van der Waals surface area contributed by atoms with Gasteiger partial charge in [-0.05, 0) is 24.9 Å². The van der Waals surface area contributed by atoms with Gasteiger partial charge in [0.15, 0.2) is 0 Å². The van der Waals surface area contributed by atoms with E-state index in [1.165, 1.54) is 12.0 Å². The molecule has 1 aromatic carbocycles. The Morgan fingerprint density at radius 3 is 2.88 bits per heavy atom. The van der Waals surface area contributed by atoms with Crippen LogP contribution in [-0.4, -0.2) is 42.3 Å². The van der Waals surface area contributed by atoms with Gasteiger partial charge in [0.05, 0.1) is 0 Å². The van der Waals surface area contributed by atoms with E-state index < -0.39 is 0 Å². The number of rotatable bonds is 4. The molecule has 1 heterocycles. The van der Waals surface area contributed by atoms with Crippen LogP contribution in [-0.2, 0) is 6.54 Å². The van der Waals surface area contributed by atoms with E-state index in [-0.39, 0.29) is 6.61 Å². The third-order valence-corrected chi connectivity index (χ3v) is 3.39. The maximum atomic E-state index is 9.14. The third-order valence-electron chi connectivity index (χ3n) is 3.39. The standard InChI is InChI=1S/C14H22N2O/c17-10-7-14-11-15-8-4-9-16(14)12-13-5-2-1-3-6-13/h1-3,5-6,14-15,17H,4,7-12H2. The molecule has 1 unspecified atom stereocenters. The summed E-state index contributed by atoms with van der Waals surface area (Å²) in [6.45, 7) is 4.47. The highest BCUT2D eigenvalue weighted by atomic mass is 16.3. The average molecular weight is 234 g/mol. The van der Waals surface area contributed by atoms with Crippen molar-refractivity contribution in [1.29, 1.82) is 0 Å². The molecular weight excluding hydrogens is 212 g/mol. The van der Waals surface area contributed by atoms with E-state index in [0.29, 0.717) is 6.04 Å². The predicted octanol–water partition coefficient (Wildman–Crippen LogP) is 1.23. The Labute approximate surface area is 103 Å². The van der Waals surface area contributed by atoms with Crippen molar-refractivity contribution in [3.8, 4) is 0 Å². The van der Waals surface area contributed by atoms with Crippen LogP contribution in [0.15, 0.2) is 30.3 Å². The van der Waals surface area contributed by atoms with Crippen molar-refractivity contribution < 1.29 is 5.11 Å². The molecule has 0 saturated carbocycles. The number of aliphatic hydroxyl groups is 1. The van der Waals surface area contributed by atoms with Crippen molar-refractivity contribution in [2.24, 2.45) is 0 Å². The zero-order chi connectivity index (χ0) is 11.9. The summed E-state index contributed by atoms with van der Waals surface area (Å²) < 4.78 is 0. The Bertz CT molecular complexity index is 315. The van der Waals surface area contributed by atoms with Crippen LogP contribution in [0.5, 0.6) is 0 Å². The number of nitrogens with zero attached hydrogens (tertiary/aromatic N) is 1. The van der Waals surface area contributed by atoms with Gasteiger partial charge < -0.3 is 10.4 Å². The van der Waals surface area contributed by atoms with Gasteiger partial charge in [0.25, 0.3) is 0 Å². The molecule has 0 aliphatic carbocycles. The van der Waals surface area contributed by atoms with Crippen molar-refractivity contribution >= 4 is 0 Å². The van der Waals surface area contributed by atoms with Crippen LogP contribution in [0.2, 0.25) is 0 Å². The molecule has 3 heteroatoms. The SMILES string of the molecule is OCCC1CNCCCN1Cc1ccccc1. The molecule has 1 aliphatic rings. The summed E-state index contributed by atoms with van der Waals surface area (Å²) in [5.74, 6) is 0. The molecule has 17 heavy (non-hydrogen) atoms. The van der Waals surface area contributed by atoms with Crippen LogP contribution in [0.1, 0.15) is 18.4 Å². The van der Waals surface area contributed by atoms with Crippen LogP contribution in [0.4, 0.5) is 0 Å². The van der Waals surface area contributed by atoms with Gasteiger partial charge in [-0.1, -0.05) is 30.3 Å². The first kappa shape index (κ1) is 12.6. The number of aliphatic hydroxyl groups excluding tert-OH is 1. The second-order valence-corrected chi connectivity index (χ2v) is 4.68. The van der Waals surface area contributed by atoms with Gasteiger partial charge in [-0.3, -0.25) is 4.90 Å². The molecule has 94 valence electrons. The van der Waals surface area contributed by atoms with Crippen LogP contribution < -0.4 is 5.32 Å². The molecule has 0 spiro atoms. The first-order chi connectivity index (χ1) is 8.40. The van der Waals surface area contributed by atoms with Crippen LogP contribution in [0.3, 0.4) is 0 Å². The van der Waals surface area contributed by atoms with E-state index in [1.54, 1.807) is 0 Å². The number of benzene rings is 1.